The quantitative estimate of drug-likeness (QED) is 0.213. The third-order valence-electron chi connectivity index (χ3n) is 9.99. The fraction of sp³-hybridized carbons (Fsp3) is 0.618. The Labute approximate surface area is 281 Å². The van der Waals surface area contributed by atoms with E-state index < -0.39 is 68.7 Å². The number of hydrogen-bond acceptors (Lipinski definition) is 9. The smallest absolute Gasteiger partial charge is 0.408 e. The number of fused-ring (bicyclic) bond motifs is 2. The van der Waals surface area contributed by atoms with E-state index in [0.717, 1.165) is 44.1 Å². The van der Waals surface area contributed by atoms with Crippen LogP contribution in [0.2, 0.25) is 0 Å². The van der Waals surface area contributed by atoms with Crippen molar-refractivity contribution in [1.82, 2.24) is 20.3 Å². The van der Waals surface area contributed by atoms with Gasteiger partial charge in [-0.05, 0) is 70.3 Å². The zero-order valence-electron chi connectivity index (χ0n) is 27.3. The molecule has 6 rings (SSSR count). The minimum absolute atomic E-state index is 0.0247. The summed E-state index contributed by atoms with van der Waals surface area (Å²) in [4.78, 5) is 62.0. The Kier molecular flexibility index (Phi) is 10.1. The highest BCUT2D eigenvalue weighted by Gasteiger charge is 2.62. The predicted molar refractivity (Wildman–Crippen MR) is 176 cm³/mol. The maximum Gasteiger partial charge on any atom is 0.408 e. The van der Waals surface area contributed by atoms with Gasteiger partial charge in [-0.1, -0.05) is 60.5 Å². The molecule has 0 bridgehead atoms. The molecule has 1 aromatic rings. The first-order valence-corrected chi connectivity index (χ1v) is 18.7. The summed E-state index contributed by atoms with van der Waals surface area (Å²) >= 11 is 0. The number of ether oxygens (including phenoxy) is 1. The van der Waals surface area contributed by atoms with Crippen molar-refractivity contribution >= 4 is 39.5 Å². The van der Waals surface area contributed by atoms with Crippen LogP contribution in [0.5, 0.6) is 0 Å². The Balaban J connectivity index is 1.25. The van der Waals surface area contributed by atoms with Crippen molar-refractivity contribution in [3.63, 3.8) is 0 Å². The van der Waals surface area contributed by atoms with Gasteiger partial charge in [0.25, 0.3) is 5.91 Å². The molecule has 1 saturated heterocycles. The highest BCUT2D eigenvalue weighted by Crippen LogP contribution is 2.46. The number of sulfonamides is 1. The zero-order chi connectivity index (χ0) is 33.9. The van der Waals surface area contributed by atoms with E-state index in [1.54, 1.807) is 6.92 Å². The lowest BCUT2D eigenvalue weighted by molar-refractivity contribution is -0.141. The van der Waals surface area contributed by atoms with E-state index in [1.165, 1.54) is 4.90 Å². The number of oxime groups is 1. The summed E-state index contributed by atoms with van der Waals surface area (Å²) in [6, 6.07) is 7.46. The van der Waals surface area contributed by atoms with E-state index in [4.69, 9.17) is 9.57 Å². The van der Waals surface area contributed by atoms with E-state index in [-0.39, 0.29) is 25.5 Å². The van der Waals surface area contributed by atoms with Gasteiger partial charge < -0.3 is 25.1 Å². The number of benzene rings is 1. The Morgan fingerprint density at radius 1 is 1.00 bits per heavy atom. The molecular formula is C34H45N5O8S. The topological polar surface area (TPSA) is 173 Å². The standard InChI is InChI=1S/C34H45N5O8S/c1-22(23-11-6-5-7-12-23)37-47-26-19-29-30(40)36-34(32(42)38-48(44,45)27-17-18-27)20-24(34)13-8-3-2-4-9-16-28(31(41)39(29)21-26)35-33(43)46-25-14-10-15-25/h5-8,11-13,24-29H,2-4,9-10,14-21H2,1H3,(H,35,43)(H,36,40)(H,38,42)/b13-8-,37-22+/t24?,26-,28+,29+,34-/m1/s1. The van der Waals surface area contributed by atoms with Crippen molar-refractivity contribution in [3.8, 4) is 0 Å². The number of allylic oxidation sites excluding steroid dienone is 1. The third-order valence-corrected chi connectivity index (χ3v) is 11.8. The molecule has 3 N–H and O–H groups in total. The Morgan fingerprint density at radius 2 is 1.77 bits per heavy atom. The van der Waals surface area contributed by atoms with Crippen LogP contribution in [-0.2, 0) is 34.0 Å². The van der Waals surface area contributed by atoms with Gasteiger partial charge in [-0.15, -0.1) is 0 Å². The van der Waals surface area contributed by atoms with Crippen molar-refractivity contribution < 1.29 is 37.2 Å². The average molecular weight is 684 g/mol. The first kappa shape index (κ1) is 33.9. The molecule has 0 spiro atoms. The van der Waals surface area contributed by atoms with Crippen molar-refractivity contribution in [2.24, 2.45) is 11.1 Å². The number of alkyl carbamates (subject to hydrolysis) is 1. The van der Waals surface area contributed by atoms with E-state index in [1.807, 2.05) is 42.5 Å². The summed E-state index contributed by atoms with van der Waals surface area (Å²) in [5, 5.41) is 9.30. The highest BCUT2D eigenvalue weighted by molar-refractivity contribution is 7.91. The molecule has 1 aromatic carbocycles. The second-order valence-corrected chi connectivity index (χ2v) is 15.6. The first-order valence-electron chi connectivity index (χ1n) is 17.1. The molecule has 14 heteroatoms. The van der Waals surface area contributed by atoms with Gasteiger partial charge in [0.05, 0.1) is 17.5 Å². The van der Waals surface area contributed by atoms with Gasteiger partial charge in [0, 0.05) is 12.3 Å². The van der Waals surface area contributed by atoms with Crippen molar-refractivity contribution in [2.45, 2.75) is 119 Å². The van der Waals surface area contributed by atoms with Crippen LogP contribution >= 0.6 is 0 Å². The van der Waals surface area contributed by atoms with Crippen LogP contribution in [0.15, 0.2) is 47.6 Å². The molecule has 48 heavy (non-hydrogen) atoms. The molecule has 0 radical (unpaired) electrons. The summed E-state index contributed by atoms with van der Waals surface area (Å²) in [7, 11) is -3.86. The monoisotopic (exact) mass is 683 g/mol. The van der Waals surface area contributed by atoms with E-state index in [2.05, 4.69) is 20.5 Å². The lowest BCUT2D eigenvalue weighted by Crippen LogP contribution is -2.58. The summed E-state index contributed by atoms with van der Waals surface area (Å²) in [6.07, 6.45) is 9.55. The van der Waals surface area contributed by atoms with E-state index in [0.29, 0.717) is 31.4 Å². The van der Waals surface area contributed by atoms with Gasteiger partial charge in [0.2, 0.25) is 21.8 Å². The van der Waals surface area contributed by atoms with Crippen molar-refractivity contribution in [1.29, 1.82) is 0 Å². The zero-order valence-corrected chi connectivity index (χ0v) is 28.1. The molecule has 2 heterocycles. The van der Waals surface area contributed by atoms with E-state index >= 15 is 0 Å². The molecule has 4 fully saturated rings. The first-order chi connectivity index (χ1) is 23.1. The molecule has 260 valence electrons. The van der Waals surface area contributed by atoms with Crippen molar-refractivity contribution in [3.05, 3.63) is 48.0 Å². The molecule has 3 saturated carbocycles. The van der Waals surface area contributed by atoms with E-state index in [9.17, 15) is 27.6 Å². The average Bonchev–Trinajstić information content (AvgIpc) is 3.97. The predicted octanol–water partition coefficient (Wildman–Crippen LogP) is 3.05. The summed E-state index contributed by atoms with van der Waals surface area (Å²) in [5.74, 6) is -2.22. The van der Waals surface area contributed by atoms with Crippen LogP contribution in [0.1, 0.15) is 89.5 Å². The fourth-order valence-corrected chi connectivity index (χ4v) is 7.90. The normalized spacial score (nSPS) is 30.7. The molecule has 5 atom stereocenters. The molecule has 5 aliphatic rings. The number of nitrogens with zero attached hydrogens (tertiary/aromatic N) is 2. The second-order valence-electron chi connectivity index (χ2n) is 13.7. The van der Waals surface area contributed by atoms with Gasteiger partial charge in [0.1, 0.15) is 29.8 Å². The number of rotatable bonds is 8. The van der Waals surface area contributed by atoms with Crippen molar-refractivity contribution in [2.75, 3.05) is 6.54 Å². The molecule has 4 amide bonds. The number of nitrogens with one attached hydrogen (secondary N) is 3. The molecular weight excluding hydrogens is 638 g/mol. The minimum atomic E-state index is -3.86. The number of carbonyl (C=O) groups excluding carboxylic acids is 4. The molecule has 1 unspecified atom stereocenters. The Hall–Kier alpha value is -3.94. The second kappa shape index (κ2) is 14.3. The van der Waals surface area contributed by atoms with Gasteiger partial charge in [-0.3, -0.25) is 19.1 Å². The van der Waals surface area contributed by atoms with Crippen LogP contribution in [0.4, 0.5) is 4.79 Å². The largest absolute Gasteiger partial charge is 0.446 e. The third kappa shape index (κ3) is 7.85. The number of amides is 4. The maximum absolute atomic E-state index is 14.2. The summed E-state index contributed by atoms with van der Waals surface area (Å²) in [5.41, 5.74) is 0.0138. The SMILES string of the molecule is C/C(=N\O[C@@H]1C[C@H]2C(=O)N[C@]3(C(=O)NS(=O)(=O)C4CC4)CC3/C=C\CCCCC[C@H](NC(=O)OC3CCC3)C(=O)N2C1)c1ccccc1. The maximum atomic E-state index is 14.2. The summed E-state index contributed by atoms with van der Waals surface area (Å²) in [6.45, 7) is 1.82. The van der Waals surface area contributed by atoms with Gasteiger partial charge in [0.15, 0.2) is 0 Å². The Bertz CT molecular complexity index is 1560. The minimum Gasteiger partial charge on any atom is -0.446 e. The lowest BCUT2D eigenvalue weighted by Gasteiger charge is -2.30. The fourth-order valence-electron chi connectivity index (χ4n) is 6.54. The number of carbonyl (C=O) groups is 4. The van der Waals surface area contributed by atoms with Gasteiger partial charge in [-0.2, -0.15) is 0 Å². The molecule has 13 nitrogen and oxygen atoms in total. The molecule has 2 aliphatic heterocycles. The van der Waals surface area contributed by atoms with Crippen LogP contribution in [-0.4, -0.2) is 84.5 Å². The number of hydrogen-bond donors (Lipinski definition) is 3. The molecule has 3 aliphatic carbocycles. The Morgan fingerprint density at radius 3 is 2.48 bits per heavy atom. The van der Waals surface area contributed by atoms with Gasteiger partial charge >= 0.3 is 6.09 Å². The lowest BCUT2D eigenvalue weighted by atomic mass is 9.96. The summed E-state index contributed by atoms with van der Waals surface area (Å²) < 4.78 is 33.1. The highest BCUT2D eigenvalue weighted by atomic mass is 32.2. The van der Waals surface area contributed by atoms with Gasteiger partial charge in [-0.25, -0.2) is 13.2 Å². The van der Waals surface area contributed by atoms with Crippen LogP contribution < -0.4 is 15.4 Å². The molecule has 0 aromatic heterocycles. The van der Waals surface area contributed by atoms with Crippen LogP contribution in [0.25, 0.3) is 0 Å². The van der Waals surface area contributed by atoms with Crippen LogP contribution in [0.3, 0.4) is 0 Å². The van der Waals surface area contributed by atoms with Crippen LogP contribution in [0, 0.1) is 5.92 Å².